The first-order valence-corrected chi connectivity index (χ1v) is 9.85. The molecule has 2 aromatic rings. The summed E-state index contributed by atoms with van der Waals surface area (Å²) in [4.78, 5) is 27.0. The van der Waals surface area contributed by atoms with Gasteiger partial charge in [-0.25, -0.2) is 4.79 Å². The molecule has 142 valence electrons. The molecule has 1 aliphatic heterocycles. The number of nitriles is 1. The number of anilines is 1. The van der Waals surface area contributed by atoms with Gasteiger partial charge in [-0.3, -0.25) is 9.69 Å². The lowest BCUT2D eigenvalue weighted by atomic mass is 10.1. The van der Waals surface area contributed by atoms with Crippen molar-refractivity contribution in [3.05, 3.63) is 76.3 Å². The van der Waals surface area contributed by atoms with Crippen LogP contribution in [0.3, 0.4) is 0 Å². The molecule has 1 aliphatic rings. The van der Waals surface area contributed by atoms with Crippen LogP contribution in [0.5, 0.6) is 0 Å². The van der Waals surface area contributed by atoms with Crippen LogP contribution in [0.25, 0.3) is 0 Å². The maximum absolute atomic E-state index is 13.2. The van der Waals surface area contributed by atoms with E-state index >= 15 is 0 Å². The molecule has 0 spiro atoms. The van der Waals surface area contributed by atoms with Crippen molar-refractivity contribution in [2.45, 2.75) is 25.5 Å². The highest BCUT2D eigenvalue weighted by molar-refractivity contribution is 8.05. The molecule has 0 saturated carbocycles. The standard InChI is InChI=1S/C22H20N2O3S/c1-3-27-22(26)18(14-23)21-24(17-11-9-15(2)10-12-17)20(25)19(28-21)13-16-7-5-4-6-8-16/h4-12,19H,3,13H2,1-2H3/b21-18-. The van der Waals surface area contributed by atoms with E-state index in [1.165, 1.54) is 16.7 Å². The van der Waals surface area contributed by atoms with Crippen molar-refractivity contribution in [3.8, 4) is 6.07 Å². The summed E-state index contributed by atoms with van der Waals surface area (Å²) in [5.74, 6) is -0.859. The maximum atomic E-state index is 13.2. The van der Waals surface area contributed by atoms with Crippen LogP contribution >= 0.6 is 11.8 Å². The lowest BCUT2D eigenvalue weighted by Gasteiger charge is -2.18. The van der Waals surface area contributed by atoms with Crippen LogP contribution in [0.4, 0.5) is 5.69 Å². The van der Waals surface area contributed by atoms with Crippen molar-refractivity contribution in [2.75, 3.05) is 11.5 Å². The first kappa shape index (κ1) is 19.7. The summed E-state index contributed by atoms with van der Waals surface area (Å²) in [6.07, 6.45) is 0.512. The molecule has 0 aliphatic carbocycles. The summed E-state index contributed by atoms with van der Waals surface area (Å²) in [5, 5.41) is 9.50. The fourth-order valence-corrected chi connectivity index (χ4v) is 4.23. The van der Waals surface area contributed by atoms with Crippen LogP contribution in [0.1, 0.15) is 18.1 Å². The molecule has 6 heteroatoms. The Morgan fingerprint density at radius 2 is 1.86 bits per heavy atom. The Hall–Kier alpha value is -3.04. The van der Waals surface area contributed by atoms with Crippen molar-refractivity contribution < 1.29 is 14.3 Å². The molecule has 0 N–H and O–H groups in total. The zero-order chi connectivity index (χ0) is 20.1. The number of hydrogen-bond acceptors (Lipinski definition) is 5. The molecule has 1 atom stereocenters. The third-order valence-corrected chi connectivity index (χ3v) is 5.58. The molecule has 0 radical (unpaired) electrons. The van der Waals surface area contributed by atoms with Crippen molar-refractivity contribution >= 4 is 29.3 Å². The number of aryl methyl sites for hydroxylation is 1. The lowest BCUT2D eigenvalue weighted by Crippen LogP contribution is -2.30. The van der Waals surface area contributed by atoms with Crippen LogP contribution in [0.2, 0.25) is 0 Å². The highest BCUT2D eigenvalue weighted by Crippen LogP contribution is 2.42. The normalized spacial score (nSPS) is 18.0. The molecule has 1 heterocycles. The first-order chi connectivity index (χ1) is 13.5. The van der Waals surface area contributed by atoms with Crippen LogP contribution in [-0.2, 0) is 20.7 Å². The molecule has 5 nitrogen and oxygen atoms in total. The second-order valence-corrected chi connectivity index (χ2v) is 7.51. The van der Waals surface area contributed by atoms with Gasteiger partial charge >= 0.3 is 5.97 Å². The maximum Gasteiger partial charge on any atom is 0.351 e. The molecular formula is C22H20N2O3S. The molecule has 1 saturated heterocycles. The van der Waals surface area contributed by atoms with E-state index in [-0.39, 0.29) is 18.1 Å². The Balaban J connectivity index is 2.03. The number of carbonyl (C=O) groups excluding carboxylic acids is 2. The number of carbonyl (C=O) groups is 2. The van der Waals surface area contributed by atoms with Gasteiger partial charge in [0.15, 0.2) is 5.57 Å². The highest BCUT2D eigenvalue weighted by Gasteiger charge is 2.41. The quantitative estimate of drug-likeness (QED) is 0.437. The number of benzene rings is 2. The predicted octanol–water partition coefficient (Wildman–Crippen LogP) is 3.98. The fourth-order valence-electron chi connectivity index (χ4n) is 2.93. The molecule has 2 aromatic carbocycles. The number of nitrogens with zero attached hydrogens (tertiary/aromatic N) is 2. The van der Waals surface area contributed by atoms with Crippen molar-refractivity contribution in [3.63, 3.8) is 0 Å². The van der Waals surface area contributed by atoms with E-state index in [9.17, 15) is 14.9 Å². The van der Waals surface area contributed by atoms with Gasteiger partial charge in [0.25, 0.3) is 0 Å². The molecule has 1 fully saturated rings. The molecule has 0 bridgehead atoms. The average Bonchev–Trinajstić information content (AvgIpc) is 3.00. The zero-order valence-corrected chi connectivity index (χ0v) is 16.5. The van der Waals surface area contributed by atoms with Crippen molar-refractivity contribution in [1.82, 2.24) is 0 Å². The van der Waals surface area contributed by atoms with Gasteiger partial charge < -0.3 is 4.74 Å². The number of rotatable bonds is 5. The first-order valence-electron chi connectivity index (χ1n) is 8.97. The number of ether oxygens (including phenoxy) is 1. The monoisotopic (exact) mass is 392 g/mol. The van der Waals surface area contributed by atoms with Crippen molar-refractivity contribution in [2.24, 2.45) is 0 Å². The van der Waals surface area contributed by atoms with E-state index in [1.807, 2.05) is 67.6 Å². The number of esters is 1. The number of amides is 1. The van der Waals surface area contributed by atoms with Gasteiger partial charge in [-0.05, 0) is 38.0 Å². The second-order valence-electron chi connectivity index (χ2n) is 6.32. The van der Waals surface area contributed by atoms with Crippen molar-refractivity contribution in [1.29, 1.82) is 5.26 Å². The summed E-state index contributed by atoms with van der Waals surface area (Å²) >= 11 is 1.24. The lowest BCUT2D eigenvalue weighted by molar-refractivity contribution is -0.138. The number of thioether (sulfide) groups is 1. The summed E-state index contributed by atoms with van der Waals surface area (Å²) in [5.41, 5.74) is 2.57. The van der Waals surface area contributed by atoms with Crippen LogP contribution in [0.15, 0.2) is 65.2 Å². The van der Waals surface area contributed by atoms with E-state index in [1.54, 1.807) is 6.92 Å². The van der Waals surface area contributed by atoms with Gasteiger partial charge in [0.05, 0.1) is 11.9 Å². The summed E-state index contributed by atoms with van der Waals surface area (Å²) in [6, 6.07) is 19.1. The molecule has 28 heavy (non-hydrogen) atoms. The predicted molar refractivity (Wildman–Crippen MR) is 109 cm³/mol. The van der Waals surface area contributed by atoms with Crippen LogP contribution < -0.4 is 4.90 Å². The topological polar surface area (TPSA) is 70.4 Å². The average molecular weight is 392 g/mol. The largest absolute Gasteiger partial charge is 0.462 e. The summed E-state index contributed by atoms with van der Waals surface area (Å²) in [6.45, 7) is 3.80. The minimum atomic E-state index is -0.710. The molecule has 1 unspecified atom stereocenters. The summed E-state index contributed by atoms with van der Waals surface area (Å²) in [7, 11) is 0. The SMILES string of the molecule is CCOC(=O)/C(C#N)=C1\SC(Cc2ccccc2)C(=O)N1c1ccc(C)cc1. The molecule has 0 aromatic heterocycles. The molecule has 3 rings (SSSR count). The van der Waals surface area contributed by atoms with Gasteiger partial charge in [0.1, 0.15) is 11.1 Å². The molecule has 1 amide bonds. The highest BCUT2D eigenvalue weighted by atomic mass is 32.2. The van der Waals surface area contributed by atoms with E-state index in [2.05, 4.69) is 0 Å². The van der Waals surface area contributed by atoms with Gasteiger partial charge in [-0.1, -0.05) is 59.8 Å². The number of hydrogen-bond donors (Lipinski definition) is 0. The Bertz CT molecular complexity index is 946. The smallest absolute Gasteiger partial charge is 0.351 e. The minimum absolute atomic E-state index is 0.142. The van der Waals surface area contributed by atoms with Gasteiger partial charge in [-0.2, -0.15) is 5.26 Å². The van der Waals surface area contributed by atoms with Crippen LogP contribution in [-0.4, -0.2) is 23.7 Å². The zero-order valence-electron chi connectivity index (χ0n) is 15.7. The van der Waals surface area contributed by atoms with Gasteiger partial charge in [0, 0.05) is 5.69 Å². The van der Waals surface area contributed by atoms with E-state index in [4.69, 9.17) is 4.74 Å². The summed E-state index contributed by atoms with van der Waals surface area (Å²) < 4.78 is 5.03. The van der Waals surface area contributed by atoms with Gasteiger partial charge in [-0.15, -0.1) is 0 Å². The third-order valence-electron chi connectivity index (χ3n) is 4.31. The Morgan fingerprint density at radius 3 is 2.46 bits per heavy atom. The Labute approximate surface area is 168 Å². The Kier molecular flexibility index (Phi) is 6.17. The fraction of sp³-hybridized carbons (Fsp3) is 0.227. The van der Waals surface area contributed by atoms with Gasteiger partial charge in [0.2, 0.25) is 5.91 Å². The van der Waals surface area contributed by atoms with E-state index < -0.39 is 11.2 Å². The second kappa shape index (κ2) is 8.77. The third kappa shape index (κ3) is 4.10. The molecular weight excluding hydrogens is 372 g/mol. The minimum Gasteiger partial charge on any atom is -0.462 e. The van der Waals surface area contributed by atoms with E-state index in [0.29, 0.717) is 17.1 Å². The van der Waals surface area contributed by atoms with Crippen LogP contribution in [0, 0.1) is 18.3 Å². The van der Waals surface area contributed by atoms with E-state index in [0.717, 1.165) is 11.1 Å². The Morgan fingerprint density at radius 1 is 1.18 bits per heavy atom.